The second-order valence-corrected chi connectivity index (χ2v) is 5.85. The molecule has 0 aliphatic heterocycles. The zero-order valence-electron chi connectivity index (χ0n) is 13.0. The van der Waals surface area contributed by atoms with Gasteiger partial charge < -0.3 is 15.8 Å². The number of carbonyl (C=O) groups is 1. The lowest BCUT2D eigenvalue weighted by Gasteiger charge is -2.16. The van der Waals surface area contributed by atoms with Gasteiger partial charge in [0.15, 0.2) is 11.6 Å². The highest BCUT2D eigenvalue weighted by Crippen LogP contribution is 2.32. The van der Waals surface area contributed by atoms with E-state index >= 15 is 0 Å². The molecule has 126 valence electrons. The topological polar surface area (TPSA) is 64.3 Å². The van der Waals surface area contributed by atoms with Gasteiger partial charge in [-0.25, -0.2) is 8.78 Å². The minimum atomic E-state index is -0.785. The summed E-state index contributed by atoms with van der Waals surface area (Å²) in [5.74, 6) is -0.899. The van der Waals surface area contributed by atoms with E-state index in [0.29, 0.717) is 23.8 Å². The second-order valence-electron chi connectivity index (χ2n) is 5.85. The number of amides is 1. The minimum Gasteiger partial charge on any atom is -0.454 e. The number of benzene rings is 2. The molecule has 24 heavy (non-hydrogen) atoms. The fraction of sp³-hybridized carbons (Fsp3) is 0.278. The molecule has 0 heterocycles. The van der Waals surface area contributed by atoms with E-state index in [9.17, 15) is 13.6 Å². The molecule has 1 unspecified atom stereocenters. The Morgan fingerprint density at radius 2 is 1.92 bits per heavy atom. The summed E-state index contributed by atoms with van der Waals surface area (Å²) in [6, 6.07) is 9.39. The van der Waals surface area contributed by atoms with Crippen molar-refractivity contribution >= 4 is 5.91 Å². The van der Waals surface area contributed by atoms with Crippen LogP contribution >= 0.6 is 0 Å². The van der Waals surface area contributed by atoms with Crippen LogP contribution in [0.5, 0.6) is 11.5 Å². The number of nitrogens with one attached hydrogen (secondary N) is 1. The average Bonchev–Trinajstić information content (AvgIpc) is 3.40. The lowest BCUT2D eigenvalue weighted by atomic mass is 10.1. The molecule has 6 heteroatoms. The highest BCUT2D eigenvalue weighted by Gasteiger charge is 2.31. The third-order valence-electron chi connectivity index (χ3n) is 4.00. The van der Waals surface area contributed by atoms with E-state index in [4.69, 9.17) is 10.5 Å². The van der Waals surface area contributed by atoms with Gasteiger partial charge >= 0.3 is 0 Å². The van der Waals surface area contributed by atoms with E-state index in [-0.39, 0.29) is 17.7 Å². The Labute approximate surface area is 138 Å². The maximum atomic E-state index is 13.6. The molecule has 1 fully saturated rings. The maximum Gasteiger partial charge on any atom is 0.251 e. The first-order valence-corrected chi connectivity index (χ1v) is 7.80. The molecule has 1 atom stereocenters. The van der Waals surface area contributed by atoms with Crippen molar-refractivity contribution in [2.45, 2.75) is 18.9 Å². The van der Waals surface area contributed by atoms with Crippen LogP contribution in [-0.4, -0.2) is 18.5 Å². The van der Waals surface area contributed by atoms with Crippen molar-refractivity contribution in [3.8, 4) is 11.5 Å². The molecule has 0 aromatic heterocycles. The summed E-state index contributed by atoms with van der Waals surface area (Å²) in [6.07, 6.45) is 2.19. The normalized spacial score (nSPS) is 15.0. The molecule has 0 bridgehead atoms. The first-order valence-electron chi connectivity index (χ1n) is 7.80. The summed E-state index contributed by atoms with van der Waals surface area (Å²) in [6.45, 7) is 0.418. The third-order valence-corrected chi connectivity index (χ3v) is 4.00. The van der Waals surface area contributed by atoms with Gasteiger partial charge in [0.1, 0.15) is 11.6 Å². The zero-order chi connectivity index (χ0) is 17.1. The lowest BCUT2D eigenvalue weighted by Crippen LogP contribution is -2.41. The summed E-state index contributed by atoms with van der Waals surface area (Å²) in [7, 11) is 0. The van der Waals surface area contributed by atoms with Gasteiger partial charge in [0.25, 0.3) is 5.91 Å². The predicted octanol–water partition coefficient (Wildman–Crippen LogP) is 3.22. The second kappa shape index (κ2) is 6.97. The van der Waals surface area contributed by atoms with Crippen LogP contribution in [0, 0.1) is 17.6 Å². The molecule has 1 aliphatic rings. The molecule has 1 aliphatic carbocycles. The standard InChI is InChI=1S/C18H18F2N2O2/c19-13-5-8-17(15(20)9-13)24-14-6-3-12(4-7-14)18(23)22-16(10-21)11-1-2-11/h3-9,11,16H,1-2,10,21H2,(H,22,23). The van der Waals surface area contributed by atoms with E-state index in [1.807, 2.05) is 0 Å². The Morgan fingerprint density at radius 3 is 2.50 bits per heavy atom. The molecule has 4 nitrogen and oxygen atoms in total. The fourth-order valence-corrected chi connectivity index (χ4v) is 2.48. The molecule has 0 spiro atoms. The van der Waals surface area contributed by atoms with Gasteiger partial charge in [0.05, 0.1) is 0 Å². The van der Waals surface area contributed by atoms with Crippen molar-refractivity contribution < 1.29 is 18.3 Å². The Morgan fingerprint density at radius 1 is 1.21 bits per heavy atom. The van der Waals surface area contributed by atoms with Gasteiger partial charge in [-0.2, -0.15) is 0 Å². The van der Waals surface area contributed by atoms with Crippen molar-refractivity contribution in [2.75, 3.05) is 6.54 Å². The quantitative estimate of drug-likeness (QED) is 0.854. The third kappa shape index (κ3) is 3.89. The Balaban J connectivity index is 1.65. The fourth-order valence-electron chi connectivity index (χ4n) is 2.48. The molecular formula is C18H18F2N2O2. The largest absolute Gasteiger partial charge is 0.454 e. The van der Waals surface area contributed by atoms with Crippen molar-refractivity contribution in [3.05, 3.63) is 59.7 Å². The van der Waals surface area contributed by atoms with Crippen LogP contribution in [0.25, 0.3) is 0 Å². The van der Waals surface area contributed by atoms with Crippen molar-refractivity contribution in [3.63, 3.8) is 0 Å². The highest BCUT2D eigenvalue weighted by atomic mass is 19.1. The number of hydrogen-bond donors (Lipinski definition) is 2. The van der Waals surface area contributed by atoms with Crippen molar-refractivity contribution in [1.82, 2.24) is 5.32 Å². The first kappa shape index (κ1) is 16.4. The van der Waals surface area contributed by atoms with Crippen LogP contribution in [0.4, 0.5) is 8.78 Å². The number of halogens is 2. The maximum absolute atomic E-state index is 13.6. The summed E-state index contributed by atoms with van der Waals surface area (Å²) < 4.78 is 31.8. The summed E-state index contributed by atoms with van der Waals surface area (Å²) in [4.78, 5) is 12.2. The monoisotopic (exact) mass is 332 g/mol. The van der Waals surface area contributed by atoms with E-state index < -0.39 is 11.6 Å². The van der Waals surface area contributed by atoms with E-state index in [1.54, 1.807) is 24.3 Å². The van der Waals surface area contributed by atoms with Gasteiger partial charge in [0.2, 0.25) is 0 Å². The highest BCUT2D eigenvalue weighted by molar-refractivity contribution is 5.94. The summed E-state index contributed by atoms with van der Waals surface area (Å²) in [5.41, 5.74) is 6.15. The van der Waals surface area contributed by atoms with Crippen molar-refractivity contribution in [1.29, 1.82) is 0 Å². The van der Waals surface area contributed by atoms with Crippen LogP contribution in [0.1, 0.15) is 23.2 Å². The molecule has 2 aromatic rings. The molecule has 3 N–H and O–H groups in total. The number of carbonyl (C=O) groups excluding carboxylic acids is 1. The molecule has 0 saturated heterocycles. The summed E-state index contributed by atoms with van der Waals surface area (Å²) in [5, 5.41) is 2.92. The van der Waals surface area contributed by atoms with Crippen LogP contribution < -0.4 is 15.8 Å². The van der Waals surface area contributed by atoms with Crippen LogP contribution in [0.3, 0.4) is 0 Å². The average molecular weight is 332 g/mol. The minimum absolute atomic E-state index is 0.00161. The molecule has 3 rings (SSSR count). The summed E-state index contributed by atoms with van der Waals surface area (Å²) >= 11 is 0. The van der Waals surface area contributed by atoms with Gasteiger partial charge in [-0.1, -0.05) is 0 Å². The van der Waals surface area contributed by atoms with Crippen LogP contribution in [0.15, 0.2) is 42.5 Å². The predicted molar refractivity (Wildman–Crippen MR) is 85.9 cm³/mol. The first-order chi connectivity index (χ1) is 11.6. The number of hydrogen-bond acceptors (Lipinski definition) is 3. The van der Waals surface area contributed by atoms with Crippen molar-refractivity contribution in [2.24, 2.45) is 11.7 Å². The Bertz CT molecular complexity index is 730. The van der Waals surface area contributed by atoms with E-state index in [0.717, 1.165) is 25.0 Å². The van der Waals surface area contributed by atoms with E-state index in [2.05, 4.69) is 5.32 Å². The number of ether oxygens (including phenoxy) is 1. The molecule has 2 aromatic carbocycles. The van der Waals surface area contributed by atoms with Gasteiger partial charge in [-0.15, -0.1) is 0 Å². The van der Waals surface area contributed by atoms with Crippen LogP contribution in [0.2, 0.25) is 0 Å². The van der Waals surface area contributed by atoms with Gasteiger partial charge in [0, 0.05) is 24.2 Å². The molecule has 0 radical (unpaired) electrons. The molecule has 1 saturated carbocycles. The SMILES string of the molecule is NCC(NC(=O)c1ccc(Oc2ccc(F)cc2F)cc1)C1CC1. The molecular weight excluding hydrogens is 314 g/mol. The number of nitrogens with two attached hydrogens (primary N) is 1. The van der Waals surface area contributed by atoms with Gasteiger partial charge in [-0.3, -0.25) is 4.79 Å². The number of rotatable bonds is 6. The Hall–Kier alpha value is -2.47. The van der Waals surface area contributed by atoms with E-state index in [1.165, 1.54) is 6.07 Å². The van der Waals surface area contributed by atoms with Gasteiger partial charge in [-0.05, 0) is 55.2 Å². The zero-order valence-corrected chi connectivity index (χ0v) is 13.0. The lowest BCUT2D eigenvalue weighted by molar-refractivity contribution is 0.0933. The van der Waals surface area contributed by atoms with Crippen LogP contribution in [-0.2, 0) is 0 Å². The Kier molecular flexibility index (Phi) is 4.76. The smallest absolute Gasteiger partial charge is 0.251 e. The molecule has 1 amide bonds.